The number of aromatic hydroxyl groups is 1. The average molecular weight is 329 g/mol. The summed E-state index contributed by atoms with van der Waals surface area (Å²) in [6.45, 7) is 0.750. The monoisotopic (exact) mass is 328 g/mol. The lowest BCUT2D eigenvalue weighted by Crippen LogP contribution is -2.13. The van der Waals surface area contributed by atoms with Gasteiger partial charge in [-0.25, -0.2) is 0 Å². The van der Waals surface area contributed by atoms with Crippen LogP contribution in [0.15, 0.2) is 48.7 Å². The summed E-state index contributed by atoms with van der Waals surface area (Å²) in [5.41, 5.74) is 8.24. The number of aromatic nitrogens is 1. The first kappa shape index (κ1) is 15.4. The van der Waals surface area contributed by atoms with Crippen molar-refractivity contribution in [3.05, 3.63) is 64.8 Å². The Kier molecular flexibility index (Phi) is 4.26. The zero-order valence-electron chi connectivity index (χ0n) is 12.5. The summed E-state index contributed by atoms with van der Waals surface area (Å²) in [6.07, 6.45) is 2.91. The minimum atomic E-state index is -0.401. The first-order valence-corrected chi connectivity index (χ1v) is 7.75. The molecule has 118 valence electrons. The van der Waals surface area contributed by atoms with Gasteiger partial charge in [-0.2, -0.15) is 0 Å². The standard InChI is InChI=1S/C18H17ClN2O2/c19-15-10-16-14(9-17(15)22)13(8-18(20)23)11-21(16)7-6-12-4-2-1-3-5-12/h1-5,9-11,22H,6-8H2,(H2,20,23). The Bertz CT molecular complexity index is 856. The molecule has 0 saturated carbocycles. The van der Waals surface area contributed by atoms with Crippen LogP contribution in [-0.2, 0) is 24.2 Å². The molecule has 3 N–H and O–H groups in total. The fourth-order valence-electron chi connectivity index (χ4n) is 2.78. The smallest absolute Gasteiger partial charge is 0.221 e. The maximum atomic E-state index is 11.3. The molecule has 23 heavy (non-hydrogen) atoms. The number of carbonyl (C=O) groups is 1. The maximum absolute atomic E-state index is 11.3. The number of hydrogen-bond donors (Lipinski definition) is 2. The predicted molar refractivity (Wildman–Crippen MR) is 91.7 cm³/mol. The molecule has 0 aliphatic rings. The second-order valence-corrected chi connectivity index (χ2v) is 5.95. The third-order valence-electron chi connectivity index (χ3n) is 3.88. The maximum Gasteiger partial charge on any atom is 0.221 e. The molecule has 0 radical (unpaired) electrons. The number of amides is 1. The molecule has 0 bridgehead atoms. The summed E-state index contributed by atoms with van der Waals surface area (Å²) in [5, 5.41) is 10.9. The van der Waals surface area contributed by atoms with Crippen LogP contribution in [-0.4, -0.2) is 15.6 Å². The number of nitrogens with zero attached hydrogens (tertiary/aromatic N) is 1. The highest BCUT2D eigenvalue weighted by Crippen LogP contribution is 2.32. The van der Waals surface area contributed by atoms with Gasteiger partial charge in [0.1, 0.15) is 5.75 Å². The Labute approximate surface area is 139 Å². The van der Waals surface area contributed by atoms with E-state index in [2.05, 4.69) is 12.1 Å². The van der Waals surface area contributed by atoms with Crippen LogP contribution in [0, 0.1) is 0 Å². The van der Waals surface area contributed by atoms with E-state index in [1.807, 2.05) is 29.0 Å². The third-order valence-corrected chi connectivity index (χ3v) is 4.18. The van der Waals surface area contributed by atoms with Gasteiger partial charge in [0.05, 0.1) is 17.0 Å². The molecule has 3 aromatic rings. The first-order valence-electron chi connectivity index (χ1n) is 7.37. The molecule has 0 atom stereocenters. The molecule has 4 nitrogen and oxygen atoms in total. The highest BCUT2D eigenvalue weighted by atomic mass is 35.5. The molecule has 0 aliphatic heterocycles. The van der Waals surface area contributed by atoms with Gasteiger partial charge in [0.15, 0.2) is 0 Å². The van der Waals surface area contributed by atoms with Crippen LogP contribution < -0.4 is 5.73 Å². The Morgan fingerprint density at radius 2 is 1.96 bits per heavy atom. The highest BCUT2D eigenvalue weighted by Gasteiger charge is 2.13. The second kappa shape index (κ2) is 6.34. The Hall–Kier alpha value is -2.46. The largest absolute Gasteiger partial charge is 0.506 e. The van der Waals surface area contributed by atoms with E-state index in [9.17, 15) is 9.90 Å². The lowest BCUT2D eigenvalue weighted by atomic mass is 10.1. The van der Waals surface area contributed by atoms with E-state index < -0.39 is 5.91 Å². The van der Waals surface area contributed by atoms with Gasteiger partial charge in [-0.3, -0.25) is 4.79 Å². The molecule has 0 unspecified atom stereocenters. The SMILES string of the molecule is NC(=O)Cc1cn(CCc2ccccc2)c2cc(Cl)c(O)cc12. The molecular formula is C18H17ClN2O2. The molecule has 5 heteroatoms. The fraction of sp³-hybridized carbons (Fsp3) is 0.167. The predicted octanol–water partition coefficient (Wildman–Crippen LogP) is 3.27. The minimum Gasteiger partial charge on any atom is -0.506 e. The number of phenols is 1. The number of phenolic OH excluding ortho intramolecular Hbond substituents is 1. The van der Waals surface area contributed by atoms with Crippen LogP contribution in [0.3, 0.4) is 0 Å². The van der Waals surface area contributed by atoms with E-state index in [0.717, 1.165) is 29.4 Å². The van der Waals surface area contributed by atoms with Gasteiger partial charge in [0.25, 0.3) is 0 Å². The van der Waals surface area contributed by atoms with Gasteiger partial charge < -0.3 is 15.4 Å². The van der Waals surface area contributed by atoms with Crippen molar-refractivity contribution < 1.29 is 9.90 Å². The van der Waals surface area contributed by atoms with Crippen LogP contribution in [0.1, 0.15) is 11.1 Å². The van der Waals surface area contributed by atoms with Gasteiger partial charge in [-0.15, -0.1) is 0 Å². The summed E-state index contributed by atoms with van der Waals surface area (Å²) in [7, 11) is 0. The summed E-state index contributed by atoms with van der Waals surface area (Å²) in [4.78, 5) is 11.3. The van der Waals surface area contributed by atoms with Crippen molar-refractivity contribution in [2.75, 3.05) is 0 Å². The van der Waals surface area contributed by atoms with Gasteiger partial charge in [-0.1, -0.05) is 41.9 Å². The normalized spacial score (nSPS) is 11.0. The zero-order chi connectivity index (χ0) is 16.4. The van der Waals surface area contributed by atoms with Crippen molar-refractivity contribution in [3.63, 3.8) is 0 Å². The van der Waals surface area contributed by atoms with Gasteiger partial charge in [0, 0.05) is 18.1 Å². The van der Waals surface area contributed by atoms with Gasteiger partial charge >= 0.3 is 0 Å². The third kappa shape index (κ3) is 3.32. The van der Waals surface area contributed by atoms with E-state index in [1.54, 1.807) is 12.1 Å². The fourth-order valence-corrected chi connectivity index (χ4v) is 2.94. The molecule has 1 aromatic heterocycles. The van der Waals surface area contributed by atoms with Gasteiger partial charge in [0.2, 0.25) is 5.91 Å². The van der Waals surface area contributed by atoms with Crippen molar-refractivity contribution in [1.29, 1.82) is 0 Å². The summed E-state index contributed by atoms with van der Waals surface area (Å²) in [5.74, 6) is -0.396. The van der Waals surface area contributed by atoms with Crippen molar-refractivity contribution in [2.45, 2.75) is 19.4 Å². The topological polar surface area (TPSA) is 68.2 Å². The van der Waals surface area contributed by atoms with E-state index in [1.165, 1.54) is 5.56 Å². The number of nitrogens with two attached hydrogens (primary N) is 1. The molecule has 1 heterocycles. The number of primary amides is 1. The Morgan fingerprint density at radius 3 is 2.65 bits per heavy atom. The highest BCUT2D eigenvalue weighted by molar-refractivity contribution is 6.32. The van der Waals surface area contributed by atoms with Crippen molar-refractivity contribution in [2.24, 2.45) is 5.73 Å². The van der Waals surface area contributed by atoms with Crippen LogP contribution in [0.25, 0.3) is 10.9 Å². The molecule has 2 aromatic carbocycles. The zero-order valence-corrected chi connectivity index (χ0v) is 13.3. The number of fused-ring (bicyclic) bond motifs is 1. The second-order valence-electron chi connectivity index (χ2n) is 5.55. The summed E-state index contributed by atoms with van der Waals surface area (Å²) < 4.78 is 2.05. The summed E-state index contributed by atoms with van der Waals surface area (Å²) in [6, 6.07) is 13.5. The van der Waals surface area contributed by atoms with E-state index in [-0.39, 0.29) is 12.2 Å². The first-order chi connectivity index (χ1) is 11.0. The lowest BCUT2D eigenvalue weighted by Gasteiger charge is -2.06. The van der Waals surface area contributed by atoms with Gasteiger partial charge in [-0.05, 0) is 29.7 Å². The molecule has 0 fully saturated rings. The van der Waals surface area contributed by atoms with E-state index in [4.69, 9.17) is 17.3 Å². The number of halogens is 1. The quantitative estimate of drug-likeness (QED) is 0.754. The number of carbonyl (C=O) groups excluding carboxylic acids is 1. The lowest BCUT2D eigenvalue weighted by molar-refractivity contribution is -0.117. The summed E-state index contributed by atoms with van der Waals surface area (Å²) >= 11 is 6.04. The molecular weight excluding hydrogens is 312 g/mol. The molecule has 0 spiro atoms. The van der Waals surface area contributed by atoms with E-state index >= 15 is 0 Å². The Morgan fingerprint density at radius 1 is 1.22 bits per heavy atom. The van der Waals surface area contributed by atoms with E-state index in [0.29, 0.717) is 5.02 Å². The average Bonchev–Trinajstić information content (AvgIpc) is 2.83. The molecule has 3 rings (SSSR count). The molecule has 0 saturated heterocycles. The van der Waals surface area contributed by atoms with Crippen LogP contribution >= 0.6 is 11.6 Å². The van der Waals surface area contributed by atoms with Crippen molar-refractivity contribution in [1.82, 2.24) is 4.57 Å². The molecule has 0 aliphatic carbocycles. The number of benzene rings is 2. The number of hydrogen-bond acceptors (Lipinski definition) is 2. The van der Waals surface area contributed by atoms with Crippen LogP contribution in [0.4, 0.5) is 0 Å². The Balaban J connectivity index is 1.98. The number of rotatable bonds is 5. The van der Waals surface area contributed by atoms with Crippen molar-refractivity contribution in [3.8, 4) is 5.75 Å². The molecule has 1 amide bonds. The number of aryl methyl sites for hydroxylation is 2. The van der Waals surface area contributed by atoms with Crippen LogP contribution in [0.5, 0.6) is 5.75 Å². The minimum absolute atomic E-state index is 0.00527. The van der Waals surface area contributed by atoms with Crippen LogP contribution in [0.2, 0.25) is 5.02 Å². The van der Waals surface area contributed by atoms with Crippen molar-refractivity contribution >= 4 is 28.4 Å².